The van der Waals surface area contributed by atoms with Gasteiger partial charge in [0, 0.05) is 124 Å². The molecule has 5 aliphatic rings. The number of aromatic nitrogens is 1. The first kappa shape index (κ1) is 95.8. The number of aliphatic hydroxyl groups is 1. The van der Waals surface area contributed by atoms with E-state index in [0.29, 0.717) is 35.2 Å². The van der Waals surface area contributed by atoms with Crippen molar-refractivity contribution in [2.24, 2.45) is 5.92 Å². The van der Waals surface area contributed by atoms with Crippen LogP contribution in [0.15, 0.2) is 24.5 Å². The molecule has 0 radical (unpaired) electrons. The fraction of sp³-hybridized carbons (Fsp3) is 0.923. The number of aliphatic hydroxyl groups excluding tert-OH is 1. The van der Waals surface area contributed by atoms with Crippen molar-refractivity contribution in [1.29, 1.82) is 0 Å². The van der Waals surface area contributed by atoms with Crippen LogP contribution in [-0.4, -0.2) is 213 Å². The van der Waals surface area contributed by atoms with Crippen molar-refractivity contribution >= 4 is 10.0 Å². The standard InChI is InChI=1S/C10H21NO.C9H19NO.C9H13NO.C8H18N2O2S.C8H18N2.C8H17NO.C6H15N.7CH4/c1-10(2,3)11-6-4-5-9(7-11)8-12;1-9(2,3)10-7-8-5-4-6-11-8;1-9(2,3)11-8-5-4-6-10-7-8;1-8(2,3)10-5-7(6-10)9-13(4,11)12;1-8(2,3)10-6-4-9-5-7-10;1-8(2,3)9-4-6-10-7-5-9;1-6(2,3)7(4)5;;;;;;;/h9,12H,4-8H2,1-3H3;8,10H,4-7H2,1-3H3;4-7H,1-3H3;7,9H,5-6H2,1-4H3;9H,4-7H2,1-3H3;4-7H2,1-3H3;1-5H3;7*1H4. The van der Waals surface area contributed by atoms with E-state index in [-0.39, 0.29) is 80.2 Å². The highest BCUT2D eigenvalue weighted by Crippen LogP contribution is 2.24. The number of nitrogens with one attached hydrogen (secondary N) is 3. The largest absolute Gasteiger partial charge is 0.487 e. The molecule has 5 aliphatic heterocycles. The summed E-state index contributed by atoms with van der Waals surface area (Å²) in [7, 11) is 1.14. The third-order valence-electron chi connectivity index (χ3n) is 13.2. The van der Waals surface area contributed by atoms with Crippen LogP contribution in [0.4, 0.5) is 0 Å². The molecular weight excluding hydrogens is 1030 g/mol. The third kappa shape index (κ3) is 50.3. The summed E-state index contributed by atoms with van der Waals surface area (Å²) < 4.78 is 40.6. The SMILES string of the molecule is C.C.C.C.C.C.C.CC(C)(C)N1CC(NS(C)(=O)=O)C1.CC(C)(C)N1CCCC(CO)C1.CC(C)(C)N1CCNCC1.CC(C)(C)N1CCOCC1.CC(C)(C)NCC1CCCO1.CC(C)(C)Oc1cccnc1.CN(C)C(C)(C)C. The summed E-state index contributed by atoms with van der Waals surface area (Å²) in [6, 6.07) is 3.87. The fourth-order valence-electron chi connectivity index (χ4n) is 7.78. The number of sulfonamides is 1. The lowest BCUT2D eigenvalue weighted by molar-refractivity contribution is -0.00389. The van der Waals surface area contributed by atoms with Gasteiger partial charge in [0.25, 0.3) is 0 Å². The van der Waals surface area contributed by atoms with E-state index >= 15 is 0 Å². The number of hydrogen-bond donors (Lipinski definition) is 4. The minimum absolute atomic E-state index is 0. The van der Waals surface area contributed by atoms with Crippen molar-refractivity contribution in [3.05, 3.63) is 24.5 Å². The molecule has 2 atom stereocenters. The van der Waals surface area contributed by atoms with Crippen LogP contribution in [0.5, 0.6) is 5.75 Å². The Morgan fingerprint density at radius 2 is 1.11 bits per heavy atom. The van der Waals surface area contributed by atoms with Crippen LogP contribution >= 0.6 is 0 Å². The molecule has 496 valence electrons. The van der Waals surface area contributed by atoms with Gasteiger partial charge in [-0.3, -0.25) is 24.6 Å². The van der Waals surface area contributed by atoms with Gasteiger partial charge < -0.3 is 34.9 Å². The number of likely N-dealkylation sites (tertiary alicyclic amines) is 2. The van der Waals surface area contributed by atoms with Gasteiger partial charge in [-0.25, -0.2) is 13.1 Å². The smallest absolute Gasteiger partial charge is 0.209 e. The normalized spacial score (nSPS) is 19.4. The van der Waals surface area contributed by atoms with Crippen molar-refractivity contribution in [2.75, 3.05) is 119 Å². The summed E-state index contributed by atoms with van der Waals surface area (Å²) >= 11 is 0. The van der Waals surface area contributed by atoms with Crippen LogP contribution in [0.1, 0.15) is 223 Å². The Kier molecular flexibility index (Phi) is 52.0. The first-order chi connectivity index (χ1) is 33.5. The van der Waals surface area contributed by atoms with Gasteiger partial charge in [-0.15, -0.1) is 0 Å². The molecule has 0 aliphatic carbocycles. The number of ether oxygens (including phenoxy) is 3. The summed E-state index contributed by atoms with van der Waals surface area (Å²) in [5.74, 6) is 1.33. The minimum atomic E-state index is -3.03. The number of rotatable bonds is 6. The maximum atomic E-state index is 10.9. The summed E-state index contributed by atoms with van der Waals surface area (Å²) in [6.45, 7) is 60.7. The monoisotopic (exact) mass is 1180 g/mol. The van der Waals surface area contributed by atoms with Gasteiger partial charge in [-0.1, -0.05) is 52.0 Å². The molecule has 6 rings (SSSR count). The van der Waals surface area contributed by atoms with E-state index in [2.05, 4.69) is 184 Å². The molecule has 0 amide bonds. The molecule has 0 spiro atoms. The first-order valence-electron chi connectivity index (χ1n) is 28.0. The van der Waals surface area contributed by atoms with Crippen LogP contribution in [-0.2, 0) is 19.5 Å². The number of piperidine rings is 1. The lowest BCUT2D eigenvalue weighted by Gasteiger charge is -2.47. The van der Waals surface area contributed by atoms with Gasteiger partial charge >= 0.3 is 0 Å². The summed E-state index contributed by atoms with van der Waals surface area (Å²) in [5.41, 5.74) is 1.53. The highest BCUT2D eigenvalue weighted by molar-refractivity contribution is 7.88. The van der Waals surface area contributed by atoms with Crippen LogP contribution in [0.25, 0.3) is 0 Å². The molecule has 5 fully saturated rings. The Bertz CT molecular complexity index is 1640. The number of piperazine rings is 1. The summed E-state index contributed by atoms with van der Waals surface area (Å²) in [5, 5.41) is 15.8. The Balaban J connectivity index is -0.000000127. The molecule has 1 aromatic heterocycles. The maximum absolute atomic E-state index is 10.9. The first-order valence-corrected chi connectivity index (χ1v) is 29.9. The fourth-order valence-corrected chi connectivity index (χ4v) is 8.54. The molecule has 81 heavy (non-hydrogen) atoms. The van der Waals surface area contributed by atoms with Crippen molar-refractivity contribution < 1.29 is 27.7 Å². The minimum Gasteiger partial charge on any atom is -0.487 e. The Labute approximate surface area is 509 Å². The lowest BCUT2D eigenvalue weighted by atomic mass is 9.94. The second kappa shape index (κ2) is 44.0. The molecule has 6 heterocycles. The zero-order valence-corrected chi connectivity index (χ0v) is 53.4. The second-order valence-electron chi connectivity index (χ2n) is 27.9. The van der Waals surface area contributed by atoms with Crippen LogP contribution < -0.4 is 20.1 Å². The molecular formula is C65H149N9O6S. The highest BCUT2D eigenvalue weighted by atomic mass is 32.2. The molecule has 0 bridgehead atoms. The van der Waals surface area contributed by atoms with Gasteiger partial charge in [0.1, 0.15) is 11.4 Å². The quantitative estimate of drug-likeness (QED) is 0.214. The highest BCUT2D eigenvalue weighted by Gasteiger charge is 2.35. The van der Waals surface area contributed by atoms with Crippen LogP contribution in [0.3, 0.4) is 0 Å². The molecule has 1 aromatic rings. The molecule has 16 heteroatoms. The van der Waals surface area contributed by atoms with Crippen LogP contribution in [0.2, 0.25) is 0 Å². The van der Waals surface area contributed by atoms with Gasteiger partial charge in [0.15, 0.2) is 0 Å². The van der Waals surface area contributed by atoms with Gasteiger partial charge in [0.2, 0.25) is 10.0 Å². The number of nitrogens with zero attached hydrogens (tertiary/aromatic N) is 6. The molecule has 2 unspecified atom stereocenters. The zero-order valence-electron chi connectivity index (χ0n) is 52.6. The van der Waals surface area contributed by atoms with Crippen LogP contribution in [0, 0.1) is 5.92 Å². The lowest BCUT2D eigenvalue weighted by Crippen LogP contribution is -2.64. The Morgan fingerprint density at radius 3 is 1.43 bits per heavy atom. The van der Waals surface area contributed by atoms with Gasteiger partial charge in [0.05, 0.1) is 31.8 Å². The maximum Gasteiger partial charge on any atom is 0.209 e. The van der Waals surface area contributed by atoms with E-state index in [1.165, 1.54) is 51.6 Å². The summed E-state index contributed by atoms with van der Waals surface area (Å²) in [4.78, 5) is 15.8. The van der Waals surface area contributed by atoms with E-state index in [0.717, 1.165) is 77.9 Å². The van der Waals surface area contributed by atoms with Gasteiger partial charge in [-0.05, 0) is 210 Å². The molecule has 4 N–H and O–H groups in total. The van der Waals surface area contributed by atoms with E-state index < -0.39 is 10.0 Å². The van der Waals surface area contributed by atoms with E-state index in [1.807, 2.05) is 32.9 Å². The number of pyridine rings is 1. The molecule has 15 nitrogen and oxygen atoms in total. The van der Waals surface area contributed by atoms with Crippen molar-refractivity contribution in [2.45, 2.75) is 274 Å². The summed E-state index contributed by atoms with van der Waals surface area (Å²) in [6.07, 6.45) is 10.0. The van der Waals surface area contributed by atoms with E-state index in [1.54, 1.807) is 12.4 Å². The Hall–Kier alpha value is -1.54. The zero-order chi connectivity index (χ0) is 57.4. The van der Waals surface area contributed by atoms with Crippen molar-refractivity contribution in [1.82, 2.24) is 44.8 Å². The molecule has 0 aromatic carbocycles. The number of morpholine rings is 1. The predicted molar refractivity (Wildman–Crippen MR) is 362 cm³/mol. The predicted octanol–water partition coefficient (Wildman–Crippen LogP) is 12.9. The number of hydrogen-bond acceptors (Lipinski definition) is 14. The topological polar surface area (TPSA) is 147 Å². The average molecular weight is 1190 g/mol. The van der Waals surface area contributed by atoms with Crippen molar-refractivity contribution in [3.8, 4) is 5.75 Å². The van der Waals surface area contributed by atoms with Crippen molar-refractivity contribution in [3.63, 3.8) is 0 Å². The average Bonchev–Trinajstić information content (AvgIpc) is 3.78. The molecule has 5 saturated heterocycles. The molecule has 0 saturated carbocycles. The Morgan fingerprint density at radius 1 is 0.654 bits per heavy atom. The van der Waals surface area contributed by atoms with E-state index in [9.17, 15) is 8.42 Å². The second-order valence-corrected chi connectivity index (χ2v) is 29.7. The van der Waals surface area contributed by atoms with Gasteiger partial charge in [-0.2, -0.15) is 0 Å². The third-order valence-corrected chi connectivity index (χ3v) is 14.0. The van der Waals surface area contributed by atoms with E-state index in [4.69, 9.17) is 19.3 Å².